The van der Waals surface area contributed by atoms with Gasteiger partial charge >= 0.3 is 0 Å². The third kappa shape index (κ3) is 2.82. The Labute approximate surface area is 135 Å². The number of carbonyl (C=O) groups is 1. The molecular weight excluding hydrogens is 346 g/mol. The monoisotopic (exact) mass is 359 g/mol. The van der Waals surface area contributed by atoms with E-state index in [0.717, 1.165) is 11.2 Å². The largest absolute Gasteiger partial charge is 0.448 e. The zero-order valence-electron chi connectivity index (χ0n) is 11.8. The summed E-state index contributed by atoms with van der Waals surface area (Å²) < 4.78 is 8.02. The third-order valence-corrected chi connectivity index (χ3v) is 3.65. The predicted molar refractivity (Wildman–Crippen MR) is 87.5 cm³/mol. The van der Waals surface area contributed by atoms with Crippen LogP contribution in [0.15, 0.2) is 58.3 Å². The molecule has 0 bridgehead atoms. The van der Waals surface area contributed by atoms with E-state index >= 15 is 0 Å². The number of nitrogens with one attached hydrogen (secondary N) is 1. The first kappa shape index (κ1) is 14.6. The average molecular weight is 360 g/mol. The zero-order chi connectivity index (χ0) is 15.5. The van der Waals surface area contributed by atoms with E-state index in [1.165, 1.54) is 0 Å². The molecule has 0 saturated carbocycles. The van der Waals surface area contributed by atoms with Gasteiger partial charge in [0, 0.05) is 24.9 Å². The number of rotatable bonds is 5. The van der Waals surface area contributed by atoms with Gasteiger partial charge < -0.3 is 14.3 Å². The molecule has 0 fully saturated rings. The number of halogens is 1. The van der Waals surface area contributed by atoms with Gasteiger partial charge in [0.25, 0.3) is 5.91 Å². The summed E-state index contributed by atoms with van der Waals surface area (Å²) in [7, 11) is 0. The van der Waals surface area contributed by atoms with Crippen molar-refractivity contribution < 1.29 is 9.21 Å². The molecule has 3 rings (SSSR count). The van der Waals surface area contributed by atoms with Crippen molar-refractivity contribution in [2.24, 2.45) is 0 Å². The van der Waals surface area contributed by atoms with Crippen LogP contribution in [-0.4, -0.2) is 15.5 Å². The average Bonchev–Trinajstić information content (AvgIpc) is 3.04. The van der Waals surface area contributed by atoms with Gasteiger partial charge in [-0.1, -0.05) is 12.1 Å². The van der Waals surface area contributed by atoms with E-state index in [1.54, 1.807) is 18.3 Å². The second-order valence-corrected chi connectivity index (χ2v) is 5.51. The molecule has 3 heterocycles. The first-order valence-electron chi connectivity index (χ1n) is 6.76. The van der Waals surface area contributed by atoms with Crippen molar-refractivity contribution in [1.29, 1.82) is 0 Å². The van der Waals surface area contributed by atoms with E-state index < -0.39 is 0 Å². The number of fused-ring (bicyclic) bond motifs is 1. The molecule has 22 heavy (non-hydrogen) atoms. The molecule has 1 amide bonds. The van der Waals surface area contributed by atoms with Crippen LogP contribution in [0.1, 0.15) is 16.2 Å². The summed E-state index contributed by atoms with van der Waals surface area (Å²) in [6, 6.07) is 9.17. The Morgan fingerprint density at radius 1 is 1.45 bits per heavy atom. The maximum absolute atomic E-state index is 12.4. The number of hydrogen-bond acceptors (Lipinski definition) is 3. The number of aromatic nitrogens is 2. The Kier molecular flexibility index (Phi) is 4.11. The van der Waals surface area contributed by atoms with Crippen molar-refractivity contribution in [2.75, 3.05) is 0 Å². The van der Waals surface area contributed by atoms with Crippen LogP contribution in [-0.2, 0) is 13.1 Å². The van der Waals surface area contributed by atoms with Crippen molar-refractivity contribution >= 4 is 32.9 Å². The molecule has 1 N–H and O–H groups in total. The van der Waals surface area contributed by atoms with E-state index in [1.807, 2.05) is 28.8 Å². The van der Waals surface area contributed by atoms with Crippen LogP contribution in [0, 0.1) is 0 Å². The second-order valence-electron chi connectivity index (χ2n) is 4.73. The quantitative estimate of drug-likeness (QED) is 0.709. The van der Waals surface area contributed by atoms with Crippen LogP contribution in [0.5, 0.6) is 0 Å². The van der Waals surface area contributed by atoms with Crippen LogP contribution in [0.25, 0.3) is 11.1 Å². The van der Waals surface area contributed by atoms with Crippen LogP contribution in [0.3, 0.4) is 0 Å². The minimum atomic E-state index is -0.171. The van der Waals surface area contributed by atoms with Gasteiger partial charge in [-0.2, -0.15) is 0 Å². The van der Waals surface area contributed by atoms with Gasteiger partial charge in [-0.25, -0.2) is 0 Å². The number of furan rings is 1. The van der Waals surface area contributed by atoms with Crippen LogP contribution in [0.2, 0.25) is 0 Å². The SMILES string of the molecule is C=CCn1c(C(=O)NCc2ccccn2)cc2oc(Br)cc21. The molecule has 0 radical (unpaired) electrons. The highest BCUT2D eigenvalue weighted by molar-refractivity contribution is 9.10. The molecule has 0 aliphatic heterocycles. The molecule has 112 valence electrons. The highest BCUT2D eigenvalue weighted by Crippen LogP contribution is 2.27. The maximum atomic E-state index is 12.4. The Hall–Kier alpha value is -2.34. The minimum absolute atomic E-state index is 0.171. The zero-order valence-corrected chi connectivity index (χ0v) is 13.3. The Balaban J connectivity index is 1.85. The second kappa shape index (κ2) is 6.19. The number of pyridine rings is 1. The van der Waals surface area contributed by atoms with Crippen molar-refractivity contribution in [2.45, 2.75) is 13.1 Å². The minimum Gasteiger partial charge on any atom is -0.448 e. The molecule has 0 aliphatic carbocycles. The fourth-order valence-corrected chi connectivity index (χ4v) is 2.68. The molecule has 0 aliphatic rings. The summed E-state index contributed by atoms with van der Waals surface area (Å²) in [6.07, 6.45) is 3.45. The molecule has 0 unspecified atom stereocenters. The van der Waals surface area contributed by atoms with Crippen LogP contribution < -0.4 is 5.32 Å². The van der Waals surface area contributed by atoms with Crippen LogP contribution in [0.4, 0.5) is 0 Å². The molecule has 0 saturated heterocycles. The van der Waals surface area contributed by atoms with Gasteiger partial charge in [0.15, 0.2) is 10.3 Å². The number of carbonyl (C=O) groups excluding carboxylic acids is 1. The van der Waals surface area contributed by atoms with Crippen molar-refractivity contribution in [3.8, 4) is 0 Å². The van der Waals surface area contributed by atoms with Crippen molar-refractivity contribution in [1.82, 2.24) is 14.9 Å². The molecule has 6 heteroatoms. The third-order valence-electron chi connectivity index (χ3n) is 3.26. The highest BCUT2D eigenvalue weighted by Gasteiger charge is 2.17. The molecule has 5 nitrogen and oxygen atoms in total. The summed E-state index contributed by atoms with van der Waals surface area (Å²) in [6.45, 7) is 4.65. The lowest BCUT2D eigenvalue weighted by Gasteiger charge is -2.08. The smallest absolute Gasteiger partial charge is 0.268 e. The summed E-state index contributed by atoms with van der Waals surface area (Å²) >= 11 is 3.30. The van der Waals surface area contributed by atoms with Crippen molar-refractivity contribution in [3.63, 3.8) is 0 Å². The lowest BCUT2D eigenvalue weighted by molar-refractivity contribution is 0.0942. The first-order chi connectivity index (χ1) is 10.7. The van der Waals surface area contributed by atoms with Crippen molar-refractivity contribution in [3.05, 3.63) is 65.2 Å². The van der Waals surface area contributed by atoms with Gasteiger partial charge in [0.05, 0.1) is 17.8 Å². The van der Waals surface area contributed by atoms with E-state index in [4.69, 9.17) is 4.42 Å². The predicted octanol–water partition coefficient (Wildman–Crippen LogP) is 3.51. The topological polar surface area (TPSA) is 60.1 Å². The van der Waals surface area contributed by atoms with Gasteiger partial charge in [-0.15, -0.1) is 6.58 Å². The molecule has 3 aromatic heterocycles. The molecule has 3 aromatic rings. The van der Waals surface area contributed by atoms with E-state index in [9.17, 15) is 4.79 Å². The van der Waals surface area contributed by atoms with Gasteiger partial charge in [0.1, 0.15) is 5.69 Å². The normalized spacial score (nSPS) is 10.8. The first-order valence-corrected chi connectivity index (χ1v) is 7.56. The summed E-state index contributed by atoms with van der Waals surface area (Å²) in [4.78, 5) is 16.6. The van der Waals surface area contributed by atoms with Gasteiger partial charge in [-0.3, -0.25) is 9.78 Å². The Bertz CT molecular complexity index is 821. The van der Waals surface area contributed by atoms with Gasteiger partial charge in [-0.05, 0) is 28.1 Å². The molecular formula is C16H14BrN3O2. The molecule has 0 aromatic carbocycles. The van der Waals surface area contributed by atoms with E-state index in [2.05, 4.69) is 32.8 Å². The summed E-state index contributed by atoms with van der Waals surface area (Å²) in [5.41, 5.74) is 2.87. The Morgan fingerprint density at radius 2 is 2.32 bits per heavy atom. The number of hydrogen-bond donors (Lipinski definition) is 1. The van der Waals surface area contributed by atoms with Gasteiger partial charge in [0.2, 0.25) is 0 Å². The summed E-state index contributed by atoms with van der Waals surface area (Å²) in [5.74, 6) is -0.171. The molecule has 0 atom stereocenters. The van der Waals surface area contributed by atoms with E-state index in [-0.39, 0.29) is 5.91 Å². The Morgan fingerprint density at radius 3 is 3.05 bits per heavy atom. The number of amides is 1. The number of nitrogens with zero attached hydrogens (tertiary/aromatic N) is 2. The fourth-order valence-electron chi connectivity index (χ4n) is 2.29. The standard InChI is InChI=1S/C16H14BrN3O2/c1-2-7-20-12-9-15(17)22-14(12)8-13(20)16(21)19-10-11-5-3-4-6-18-11/h2-6,8-9H,1,7,10H2,(H,19,21). The summed E-state index contributed by atoms with van der Waals surface area (Å²) in [5, 5.41) is 2.87. The highest BCUT2D eigenvalue weighted by atomic mass is 79.9. The molecule has 0 spiro atoms. The maximum Gasteiger partial charge on any atom is 0.268 e. The lowest BCUT2D eigenvalue weighted by Crippen LogP contribution is -2.25. The van der Waals surface area contributed by atoms with Crippen LogP contribution >= 0.6 is 15.9 Å². The number of allylic oxidation sites excluding steroid dienone is 1. The van der Waals surface area contributed by atoms with E-state index in [0.29, 0.717) is 29.0 Å². The fraction of sp³-hybridized carbons (Fsp3) is 0.125. The lowest BCUT2D eigenvalue weighted by atomic mass is 10.3.